The predicted octanol–water partition coefficient (Wildman–Crippen LogP) is 1.16. The van der Waals surface area contributed by atoms with Crippen LogP contribution in [0.2, 0.25) is 0 Å². The zero-order valence-electron chi connectivity index (χ0n) is 8.60. The number of carbonyl (C=O) groups is 1. The van der Waals surface area contributed by atoms with Crippen molar-refractivity contribution in [1.82, 2.24) is 14.8 Å². The van der Waals surface area contributed by atoms with E-state index < -0.39 is 0 Å². The molecule has 0 bridgehead atoms. The summed E-state index contributed by atoms with van der Waals surface area (Å²) >= 11 is 0. The predicted molar refractivity (Wildman–Crippen MR) is 52.0 cm³/mol. The van der Waals surface area contributed by atoms with Crippen molar-refractivity contribution in [2.75, 3.05) is 0 Å². The summed E-state index contributed by atoms with van der Waals surface area (Å²) in [5, 5.41) is 4.40. The van der Waals surface area contributed by atoms with Gasteiger partial charge in [0.2, 0.25) is 0 Å². The molecule has 0 saturated carbocycles. The minimum Gasteiger partial charge on any atom is -0.303 e. The highest BCUT2D eigenvalue weighted by Crippen LogP contribution is 2.19. The molecule has 1 aliphatic rings. The van der Waals surface area contributed by atoms with E-state index in [0.717, 1.165) is 30.8 Å². The normalized spacial score (nSPS) is 20.9. The molecule has 1 aliphatic heterocycles. The summed E-state index contributed by atoms with van der Waals surface area (Å²) < 4.78 is 1.89. The number of carbonyl (C=O) groups excluding carboxylic acids is 1. The first-order valence-electron chi connectivity index (χ1n) is 5.09. The molecular formula is C10H15N3O. The van der Waals surface area contributed by atoms with Crippen molar-refractivity contribution in [1.29, 1.82) is 0 Å². The topological polar surface area (TPSA) is 47.8 Å². The summed E-state index contributed by atoms with van der Waals surface area (Å²) in [6, 6.07) is 0. The minimum absolute atomic E-state index is 0.129. The highest BCUT2D eigenvalue weighted by atomic mass is 16.1. The Morgan fingerprint density at radius 3 is 3.00 bits per heavy atom. The molecule has 2 heterocycles. The summed E-state index contributed by atoms with van der Waals surface area (Å²) in [7, 11) is 0. The number of nitrogens with zero attached hydrogens (tertiary/aromatic N) is 3. The summed E-state index contributed by atoms with van der Waals surface area (Å²) in [5.74, 6) is 2.42. The molecule has 0 saturated heterocycles. The second-order valence-electron chi connectivity index (χ2n) is 4.16. The van der Waals surface area contributed by atoms with Gasteiger partial charge in [-0.15, -0.1) is 0 Å². The maximum atomic E-state index is 10.6. The van der Waals surface area contributed by atoms with Gasteiger partial charge in [0.15, 0.2) is 5.82 Å². The fourth-order valence-electron chi connectivity index (χ4n) is 1.71. The number of aromatic nitrogens is 3. The lowest BCUT2D eigenvalue weighted by atomic mass is 10.0. The van der Waals surface area contributed by atoms with E-state index in [1.165, 1.54) is 0 Å². The molecule has 0 fully saturated rings. The molecule has 1 atom stereocenters. The maximum absolute atomic E-state index is 10.6. The molecule has 76 valence electrons. The summed E-state index contributed by atoms with van der Waals surface area (Å²) in [4.78, 5) is 15.1. The van der Waals surface area contributed by atoms with Gasteiger partial charge in [0.05, 0.1) is 6.54 Å². The van der Waals surface area contributed by atoms with Gasteiger partial charge in [-0.25, -0.2) is 9.67 Å². The van der Waals surface area contributed by atoms with Gasteiger partial charge < -0.3 is 4.79 Å². The smallest absolute Gasteiger partial charge is 0.153 e. The first-order chi connectivity index (χ1) is 6.70. The van der Waals surface area contributed by atoms with Crippen LogP contribution in [0.5, 0.6) is 0 Å². The van der Waals surface area contributed by atoms with E-state index in [4.69, 9.17) is 0 Å². The molecule has 1 unspecified atom stereocenters. The second kappa shape index (κ2) is 3.52. The summed E-state index contributed by atoms with van der Waals surface area (Å²) in [5.41, 5.74) is 0. The molecule has 4 nitrogen and oxygen atoms in total. The lowest BCUT2D eigenvalue weighted by Crippen LogP contribution is -2.22. The van der Waals surface area contributed by atoms with Gasteiger partial charge in [-0.3, -0.25) is 0 Å². The quantitative estimate of drug-likeness (QED) is 0.662. The molecule has 14 heavy (non-hydrogen) atoms. The fourth-order valence-corrected chi connectivity index (χ4v) is 1.71. The standard InChI is InChI=1S/C10H15N3O/c1-7(2)10-11-9-4-3-8(6-14)5-13(9)12-10/h6-8H,3-5H2,1-2H3. The number of fused-ring (bicyclic) bond motifs is 1. The van der Waals surface area contributed by atoms with Gasteiger partial charge in [-0.05, 0) is 6.42 Å². The van der Waals surface area contributed by atoms with Crippen molar-refractivity contribution in [3.63, 3.8) is 0 Å². The third kappa shape index (κ3) is 1.56. The van der Waals surface area contributed by atoms with Gasteiger partial charge in [0.25, 0.3) is 0 Å². The Morgan fingerprint density at radius 2 is 2.36 bits per heavy atom. The van der Waals surface area contributed by atoms with Crippen LogP contribution in [0, 0.1) is 5.92 Å². The average molecular weight is 193 g/mol. The van der Waals surface area contributed by atoms with Crippen LogP contribution in [-0.2, 0) is 17.8 Å². The lowest BCUT2D eigenvalue weighted by molar-refractivity contribution is -0.111. The molecule has 0 radical (unpaired) electrons. The average Bonchev–Trinajstić information content (AvgIpc) is 2.59. The Kier molecular flexibility index (Phi) is 2.35. The van der Waals surface area contributed by atoms with Crippen molar-refractivity contribution in [3.8, 4) is 0 Å². The lowest BCUT2D eigenvalue weighted by Gasteiger charge is -2.16. The van der Waals surface area contributed by atoms with E-state index in [0.29, 0.717) is 12.5 Å². The number of aryl methyl sites for hydroxylation is 1. The van der Waals surface area contributed by atoms with E-state index in [1.807, 2.05) is 4.68 Å². The first kappa shape index (κ1) is 9.37. The van der Waals surface area contributed by atoms with Gasteiger partial charge in [-0.2, -0.15) is 5.10 Å². The van der Waals surface area contributed by atoms with Crippen molar-refractivity contribution in [2.45, 2.75) is 39.2 Å². The molecule has 1 aromatic heterocycles. The molecule has 0 amide bonds. The second-order valence-corrected chi connectivity index (χ2v) is 4.16. The highest BCUT2D eigenvalue weighted by molar-refractivity contribution is 5.53. The third-order valence-electron chi connectivity index (χ3n) is 2.62. The zero-order valence-corrected chi connectivity index (χ0v) is 8.60. The van der Waals surface area contributed by atoms with Crippen LogP contribution >= 0.6 is 0 Å². The van der Waals surface area contributed by atoms with Gasteiger partial charge in [-0.1, -0.05) is 13.8 Å². The van der Waals surface area contributed by atoms with Gasteiger partial charge >= 0.3 is 0 Å². The molecule has 4 heteroatoms. The Bertz CT molecular complexity index is 343. The number of hydrogen-bond acceptors (Lipinski definition) is 3. The van der Waals surface area contributed by atoms with E-state index in [-0.39, 0.29) is 5.92 Å². The Balaban J connectivity index is 2.25. The Morgan fingerprint density at radius 1 is 1.57 bits per heavy atom. The maximum Gasteiger partial charge on any atom is 0.153 e. The van der Waals surface area contributed by atoms with Crippen LogP contribution in [0.25, 0.3) is 0 Å². The fraction of sp³-hybridized carbons (Fsp3) is 0.700. The van der Waals surface area contributed by atoms with Gasteiger partial charge in [0, 0.05) is 18.3 Å². The highest BCUT2D eigenvalue weighted by Gasteiger charge is 2.21. The molecule has 0 aliphatic carbocycles. The van der Waals surface area contributed by atoms with Gasteiger partial charge in [0.1, 0.15) is 12.1 Å². The van der Waals surface area contributed by atoms with E-state index >= 15 is 0 Å². The summed E-state index contributed by atoms with van der Waals surface area (Å²) in [6.07, 6.45) is 2.82. The first-order valence-corrected chi connectivity index (χ1v) is 5.09. The molecule has 0 aromatic carbocycles. The van der Waals surface area contributed by atoms with E-state index in [2.05, 4.69) is 23.9 Å². The molecule has 0 N–H and O–H groups in total. The van der Waals surface area contributed by atoms with Crippen molar-refractivity contribution in [2.24, 2.45) is 5.92 Å². The van der Waals surface area contributed by atoms with E-state index in [9.17, 15) is 4.79 Å². The largest absolute Gasteiger partial charge is 0.303 e. The third-order valence-corrected chi connectivity index (χ3v) is 2.62. The van der Waals surface area contributed by atoms with Crippen molar-refractivity contribution in [3.05, 3.63) is 11.6 Å². The van der Waals surface area contributed by atoms with Crippen LogP contribution in [-0.4, -0.2) is 21.1 Å². The van der Waals surface area contributed by atoms with Crippen LogP contribution in [0.4, 0.5) is 0 Å². The number of rotatable bonds is 2. The number of hydrogen-bond donors (Lipinski definition) is 0. The molecule has 0 spiro atoms. The van der Waals surface area contributed by atoms with Crippen LogP contribution in [0.15, 0.2) is 0 Å². The zero-order chi connectivity index (χ0) is 10.1. The number of aldehydes is 1. The van der Waals surface area contributed by atoms with E-state index in [1.54, 1.807) is 0 Å². The monoisotopic (exact) mass is 193 g/mol. The van der Waals surface area contributed by atoms with Crippen LogP contribution in [0.1, 0.15) is 37.8 Å². The van der Waals surface area contributed by atoms with Crippen LogP contribution in [0.3, 0.4) is 0 Å². The SMILES string of the molecule is CC(C)c1nc2n(n1)CC(C=O)CC2. The van der Waals surface area contributed by atoms with Crippen LogP contribution < -0.4 is 0 Å². The summed E-state index contributed by atoms with van der Waals surface area (Å²) in [6.45, 7) is 4.87. The Hall–Kier alpha value is -1.19. The molecular weight excluding hydrogens is 178 g/mol. The Labute approximate surface area is 83.3 Å². The minimum atomic E-state index is 0.129. The molecule has 1 aromatic rings. The van der Waals surface area contributed by atoms with Crippen molar-refractivity contribution < 1.29 is 4.79 Å². The van der Waals surface area contributed by atoms with Crippen molar-refractivity contribution >= 4 is 6.29 Å². The molecule has 2 rings (SSSR count).